The molecule has 0 unspecified atom stereocenters. The molecule has 3 rings (SSSR count). The third-order valence-electron chi connectivity index (χ3n) is 5.36. The number of nitrogens with one attached hydrogen (secondary N) is 2. The Morgan fingerprint density at radius 3 is 2.38 bits per heavy atom. The Hall–Kier alpha value is -2.28. The average molecular weight is 407 g/mol. The number of amides is 1. The summed E-state index contributed by atoms with van der Waals surface area (Å²) in [7, 11) is 0. The molecule has 0 bridgehead atoms. The van der Waals surface area contributed by atoms with Crippen molar-refractivity contribution < 1.29 is 18.0 Å². The van der Waals surface area contributed by atoms with Gasteiger partial charge < -0.3 is 10.6 Å². The first-order valence-corrected chi connectivity index (χ1v) is 10.3. The van der Waals surface area contributed by atoms with Gasteiger partial charge in [-0.25, -0.2) is 0 Å². The summed E-state index contributed by atoms with van der Waals surface area (Å²) in [6, 6.07) is 3.65. The van der Waals surface area contributed by atoms with Gasteiger partial charge in [-0.05, 0) is 55.9 Å². The molecule has 1 amide bonds. The van der Waals surface area contributed by atoms with Crippen LogP contribution in [0.3, 0.4) is 0 Å². The number of carbonyl (C=O) groups excluding carboxylic acids is 1. The molecule has 2 aliphatic heterocycles. The van der Waals surface area contributed by atoms with Gasteiger partial charge in [0.2, 0.25) is 0 Å². The number of carbonyl (C=O) groups is 1. The van der Waals surface area contributed by atoms with E-state index < -0.39 is 17.6 Å². The van der Waals surface area contributed by atoms with Crippen LogP contribution in [0, 0.1) is 0 Å². The smallest absolute Gasteiger partial charge is 0.387 e. The first kappa shape index (κ1) is 21.4. The van der Waals surface area contributed by atoms with Crippen molar-refractivity contribution in [1.29, 1.82) is 0 Å². The normalized spacial score (nSPS) is 18.8. The lowest BCUT2D eigenvalue weighted by molar-refractivity contribution is -0.137. The van der Waals surface area contributed by atoms with E-state index in [9.17, 15) is 18.0 Å². The molecule has 0 aliphatic carbocycles. The molecule has 2 heterocycles. The molecule has 29 heavy (non-hydrogen) atoms. The third-order valence-corrected chi connectivity index (χ3v) is 5.36. The third kappa shape index (κ3) is 6.35. The molecular formula is C22H28F3N3O. The zero-order valence-electron chi connectivity index (χ0n) is 16.5. The number of nitrogens with zero attached hydrogens (tertiary/aromatic N) is 1. The Kier molecular flexibility index (Phi) is 7.36. The van der Waals surface area contributed by atoms with E-state index in [1.807, 2.05) is 0 Å². The van der Waals surface area contributed by atoms with Crippen LogP contribution in [0.1, 0.15) is 49.7 Å². The van der Waals surface area contributed by atoms with E-state index in [2.05, 4.69) is 15.5 Å². The summed E-state index contributed by atoms with van der Waals surface area (Å²) in [5.41, 5.74) is 0.632. The van der Waals surface area contributed by atoms with E-state index >= 15 is 0 Å². The predicted octanol–water partition coefficient (Wildman–Crippen LogP) is 4.84. The molecule has 2 N–H and O–H groups in total. The van der Waals surface area contributed by atoms with Gasteiger partial charge in [0, 0.05) is 24.4 Å². The highest BCUT2D eigenvalue weighted by Crippen LogP contribution is 2.33. The van der Waals surface area contributed by atoms with Gasteiger partial charge in [-0.2, -0.15) is 13.2 Å². The van der Waals surface area contributed by atoms with Gasteiger partial charge in [0.15, 0.2) is 0 Å². The van der Waals surface area contributed by atoms with E-state index in [4.69, 9.17) is 0 Å². The van der Waals surface area contributed by atoms with Crippen molar-refractivity contribution in [2.75, 3.05) is 25.0 Å². The number of alkyl halides is 3. The fraction of sp³-hybridized carbons (Fsp3) is 0.500. The standard InChI is InChI=1S/C22H28F3N3O/c23-22(24,25)19-8-7-18(16-28-13-5-3-1-2-4-6-14-28)20(15-19)27-21(29)17-9-11-26-12-10-17/h7-11,15,26H,1-6,12-14,16H2,(H,27,29). The van der Waals surface area contributed by atoms with Gasteiger partial charge in [0.05, 0.1) is 5.56 Å². The second-order valence-electron chi connectivity index (χ2n) is 7.62. The lowest BCUT2D eigenvalue weighted by Crippen LogP contribution is -2.26. The molecule has 0 radical (unpaired) electrons. The van der Waals surface area contributed by atoms with E-state index in [0.717, 1.165) is 38.1 Å². The number of halogens is 3. The van der Waals surface area contributed by atoms with Crippen LogP contribution in [-0.2, 0) is 17.5 Å². The molecule has 4 nitrogen and oxygen atoms in total. The van der Waals surface area contributed by atoms with E-state index in [0.29, 0.717) is 24.2 Å². The number of benzene rings is 1. The van der Waals surface area contributed by atoms with Crippen molar-refractivity contribution >= 4 is 11.6 Å². The van der Waals surface area contributed by atoms with Gasteiger partial charge in [0.25, 0.3) is 5.91 Å². The Morgan fingerprint density at radius 2 is 1.76 bits per heavy atom. The maximum atomic E-state index is 13.2. The van der Waals surface area contributed by atoms with Crippen LogP contribution in [0.5, 0.6) is 0 Å². The predicted molar refractivity (Wildman–Crippen MR) is 108 cm³/mol. The lowest BCUT2D eigenvalue weighted by atomic mass is 10.1. The summed E-state index contributed by atoms with van der Waals surface area (Å²) in [6.45, 7) is 2.90. The lowest BCUT2D eigenvalue weighted by Gasteiger charge is -2.24. The molecule has 1 saturated heterocycles. The van der Waals surface area contributed by atoms with Crippen molar-refractivity contribution in [3.05, 3.63) is 53.3 Å². The second-order valence-corrected chi connectivity index (χ2v) is 7.62. The molecule has 0 spiro atoms. The number of rotatable bonds is 4. The monoisotopic (exact) mass is 407 g/mol. The Balaban J connectivity index is 1.81. The van der Waals surface area contributed by atoms with Gasteiger partial charge in [0.1, 0.15) is 0 Å². The maximum Gasteiger partial charge on any atom is 0.416 e. The van der Waals surface area contributed by atoms with Crippen LogP contribution in [0.15, 0.2) is 42.1 Å². The van der Waals surface area contributed by atoms with E-state index in [-0.39, 0.29) is 5.69 Å². The highest BCUT2D eigenvalue weighted by atomic mass is 19.4. The SMILES string of the molecule is O=C(Nc1cc(C(F)(F)F)ccc1CN1CCCCCCCC1)C1=CCNC=C1. The molecule has 158 valence electrons. The van der Waals surface area contributed by atoms with Gasteiger partial charge >= 0.3 is 6.18 Å². The van der Waals surface area contributed by atoms with Crippen molar-refractivity contribution in [1.82, 2.24) is 10.2 Å². The van der Waals surface area contributed by atoms with Gasteiger partial charge in [-0.1, -0.05) is 37.8 Å². The molecule has 7 heteroatoms. The highest BCUT2D eigenvalue weighted by molar-refractivity contribution is 6.06. The quantitative estimate of drug-likeness (QED) is 0.750. The zero-order valence-corrected chi connectivity index (χ0v) is 16.5. The minimum atomic E-state index is -4.45. The van der Waals surface area contributed by atoms with Crippen LogP contribution in [0.4, 0.5) is 18.9 Å². The molecule has 0 atom stereocenters. The molecule has 0 aromatic heterocycles. The van der Waals surface area contributed by atoms with Crippen LogP contribution in [0.25, 0.3) is 0 Å². The molecule has 2 aliphatic rings. The summed E-state index contributed by atoms with van der Waals surface area (Å²) in [5, 5.41) is 5.66. The Labute approximate surface area is 169 Å². The number of anilines is 1. The van der Waals surface area contributed by atoms with Crippen LogP contribution >= 0.6 is 0 Å². The summed E-state index contributed by atoms with van der Waals surface area (Å²) >= 11 is 0. The van der Waals surface area contributed by atoms with Crippen LogP contribution < -0.4 is 10.6 Å². The summed E-state index contributed by atoms with van der Waals surface area (Å²) < 4.78 is 39.7. The van der Waals surface area contributed by atoms with Crippen LogP contribution in [-0.4, -0.2) is 30.4 Å². The van der Waals surface area contributed by atoms with Crippen molar-refractivity contribution in [3.63, 3.8) is 0 Å². The van der Waals surface area contributed by atoms with Crippen molar-refractivity contribution in [3.8, 4) is 0 Å². The van der Waals surface area contributed by atoms with Gasteiger partial charge in [-0.15, -0.1) is 0 Å². The fourth-order valence-electron chi connectivity index (χ4n) is 3.71. The van der Waals surface area contributed by atoms with Crippen molar-refractivity contribution in [2.24, 2.45) is 0 Å². The molecule has 0 saturated carbocycles. The Bertz CT molecular complexity index is 761. The summed E-state index contributed by atoms with van der Waals surface area (Å²) in [4.78, 5) is 14.9. The Morgan fingerprint density at radius 1 is 1.07 bits per heavy atom. The first-order valence-electron chi connectivity index (χ1n) is 10.3. The number of hydrogen-bond donors (Lipinski definition) is 2. The number of dihydropyridines is 1. The summed E-state index contributed by atoms with van der Waals surface area (Å²) in [5.74, 6) is -0.396. The molecule has 1 aromatic carbocycles. The minimum absolute atomic E-state index is 0.234. The average Bonchev–Trinajstić information content (AvgIpc) is 2.83. The topological polar surface area (TPSA) is 44.4 Å². The second kappa shape index (κ2) is 9.96. The van der Waals surface area contributed by atoms with Gasteiger partial charge in [-0.3, -0.25) is 9.69 Å². The first-order chi connectivity index (χ1) is 13.9. The van der Waals surface area contributed by atoms with Crippen molar-refractivity contribution in [2.45, 2.75) is 51.2 Å². The van der Waals surface area contributed by atoms with Crippen LogP contribution in [0.2, 0.25) is 0 Å². The molecular weight excluding hydrogens is 379 g/mol. The summed E-state index contributed by atoms with van der Waals surface area (Å²) in [6.07, 6.45) is 7.57. The fourth-order valence-corrected chi connectivity index (χ4v) is 3.71. The van der Waals surface area contributed by atoms with E-state index in [1.54, 1.807) is 18.4 Å². The molecule has 1 fully saturated rings. The highest BCUT2D eigenvalue weighted by Gasteiger charge is 2.31. The maximum absolute atomic E-state index is 13.2. The number of hydrogen-bond acceptors (Lipinski definition) is 3. The zero-order chi connectivity index (χ0) is 20.7. The van der Waals surface area contributed by atoms with E-state index in [1.165, 1.54) is 31.7 Å². The minimum Gasteiger partial charge on any atom is -0.387 e. The largest absolute Gasteiger partial charge is 0.416 e. The molecule has 1 aromatic rings.